The van der Waals surface area contributed by atoms with Gasteiger partial charge in [0.1, 0.15) is 17.6 Å². The molecule has 3 aromatic rings. The van der Waals surface area contributed by atoms with Crippen molar-refractivity contribution in [1.29, 1.82) is 0 Å². The zero-order valence-corrected chi connectivity index (χ0v) is 21.3. The Morgan fingerprint density at radius 1 is 1.17 bits per heavy atom. The monoisotopic (exact) mass is 509 g/mol. The molecule has 0 bridgehead atoms. The Morgan fingerprint density at radius 3 is 2.53 bits per heavy atom. The summed E-state index contributed by atoms with van der Waals surface area (Å²) in [5.74, 6) is -0.430. The average molecular weight is 510 g/mol. The smallest absolute Gasteiger partial charge is 0.476 e. The van der Waals surface area contributed by atoms with Crippen molar-refractivity contribution in [3.05, 3.63) is 79.4 Å². The molecule has 1 aliphatic rings. The molecular formula is C27H29N2O6S+. The second-order valence-corrected chi connectivity index (χ2v) is 11.1. The van der Waals surface area contributed by atoms with Gasteiger partial charge in [0.25, 0.3) is 0 Å². The SMILES string of the molecule is Cc1cc(C(C)Nc2ccccc2C(=O)O)c2oc(C3CCC(C#[N+]S(C)(=O)=O)CC3)cc(=O)c2c1. The van der Waals surface area contributed by atoms with Crippen LogP contribution < -0.4 is 10.7 Å². The molecule has 1 aromatic heterocycles. The quantitative estimate of drug-likeness (QED) is 0.464. The molecule has 0 amide bonds. The van der Waals surface area contributed by atoms with E-state index in [0.717, 1.165) is 30.2 Å². The molecule has 1 atom stereocenters. The van der Waals surface area contributed by atoms with E-state index in [2.05, 4.69) is 15.6 Å². The Morgan fingerprint density at radius 2 is 1.86 bits per heavy atom. The first-order valence-electron chi connectivity index (χ1n) is 11.9. The summed E-state index contributed by atoms with van der Waals surface area (Å²) in [7, 11) is -3.45. The number of fused-ring (bicyclic) bond motifs is 1. The Bertz CT molecular complexity index is 1540. The minimum atomic E-state index is -3.45. The van der Waals surface area contributed by atoms with Crippen molar-refractivity contribution in [2.24, 2.45) is 5.92 Å². The number of nitrogens with zero attached hydrogens (tertiary/aromatic N) is 1. The third kappa shape index (κ3) is 5.77. The van der Waals surface area contributed by atoms with Crippen molar-refractivity contribution in [2.45, 2.75) is 51.5 Å². The molecule has 0 spiro atoms. The molecule has 1 aliphatic carbocycles. The highest BCUT2D eigenvalue weighted by atomic mass is 32.2. The van der Waals surface area contributed by atoms with Crippen molar-refractivity contribution < 1.29 is 22.7 Å². The summed E-state index contributed by atoms with van der Waals surface area (Å²) in [4.78, 5) is 24.7. The van der Waals surface area contributed by atoms with Gasteiger partial charge in [-0.15, -0.1) is 8.42 Å². The lowest BCUT2D eigenvalue weighted by Gasteiger charge is -2.24. The molecule has 4 rings (SSSR count). The first-order valence-corrected chi connectivity index (χ1v) is 13.7. The van der Waals surface area contributed by atoms with Crippen LogP contribution in [0, 0.1) is 18.9 Å². The van der Waals surface area contributed by atoms with E-state index in [1.807, 2.05) is 19.9 Å². The second kappa shape index (κ2) is 10.2. The van der Waals surface area contributed by atoms with Crippen LogP contribution in [0.5, 0.6) is 0 Å². The number of aromatic carboxylic acids is 1. The Hall–Kier alpha value is -3.64. The maximum atomic E-state index is 13.1. The summed E-state index contributed by atoms with van der Waals surface area (Å²) < 4.78 is 32.5. The van der Waals surface area contributed by atoms with E-state index in [1.54, 1.807) is 36.4 Å². The van der Waals surface area contributed by atoms with E-state index in [9.17, 15) is 23.1 Å². The van der Waals surface area contributed by atoms with Crippen LogP contribution in [0.1, 0.15) is 71.8 Å². The van der Waals surface area contributed by atoms with Crippen LogP contribution in [0.3, 0.4) is 0 Å². The predicted octanol–water partition coefficient (Wildman–Crippen LogP) is 5.54. The summed E-state index contributed by atoms with van der Waals surface area (Å²) in [5.41, 5.74) is 2.68. The first-order chi connectivity index (χ1) is 17.0. The van der Waals surface area contributed by atoms with Crippen molar-refractivity contribution in [3.63, 3.8) is 0 Å². The number of carboxylic acid groups (broad SMARTS) is 1. The van der Waals surface area contributed by atoms with E-state index in [-0.39, 0.29) is 28.9 Å². The van der Waals surface area contributed by atoms with Gasteiger partial charge in [-0.2, -0.15) is 0 Å². The highest BCUT2D eigenvalue weighted by Gasteiger charge is 2.28. The van der Waals surface area contributed by atoms with Gasteiger partial charge in [0.15, 0.2) is 5.43 Å². The van der Waals surface area contributed by atoms with Crippen LogP contribution in [0.4, 0.5) is 5.69 Å². The molecule has 1 heterocycles. The zero-order valence-electron chi connectivity index (χ0n) is 20.4. The second-order valence-electron chi connectivity index (χ2n) is 9.46. The number of hydrogen-bond acceptors (Lipinski definition) is 6. The normalized spacial score (nSPS) is 18.8. The van der Waals surface area contributed by atoms with Crippen LogP contribution in [0.25, 0.3) is 15.2 Å². The van der Waals surface area contributed by atoms with E-state index in [0.29, 0.717) is 35.3 Å². The molecule has 0 saturated heterocycles. The lowest BCUT2D eigenvalue weighted by molar-refractivity contribution is 0.0698. The van der Waals surface area contributed by atoms with Crippen molar-refractivity contribution in [2.75, 3.05) is 11.6 Å². The number of nitrogens with one attached hydrogen (secondary N) is 1. The Kier molecular flexibility index (Phi) is 7.18. The van der Waals surface area contributed by atoms with E-state index in [1.165, 1.54) is 0 Å². The number of aryl methyl sites for hydroxylation is 1. The van der Waals surface area contributed by atoms with Gasteiger partial charge in [-0.25, -0.2) is 4.79 Å². The van der Waals surface area contributed by atoms with Gasteiger partial charge in [-0.05, 0) is 63.3 Å². The standard InChI is InChI=1S/C27H28N2O6S/c1-16-12-21(17(2)29-23-7-5-4-6-20(23)27(31)32)26-22(13-16)24(30)14-25(35-26)19-10-8-18(9-11-19)15-28-36(3,33)34/h4-7,12-14,17-19,29H,8-11H2,1-3H3/p+1. The summed E-state index contributed by atoms with van der Waals surface area (Å²) in [6.07, 6.45) is 3.91. The van der Waals surface area contributed by atoms with Gasteiger partial charge in [0, 0.05) is 23.2 Å². The summed E-state index contributed by atoms with van der Waals surface area (Å²) in [6.45, 7) is 3.81. The molecule has 1 fully saturated rings. The maximum absolute atomic E-state index is 13.1. The number of benzene rings is 2. The minimum Gasteiger partial charge on any atom is -0.478 e. The fourth-order valence-corrected chi connectivity index (χ4v) is 5.10. The number of sulfonamides is 1. The number of rotatable bonds is 5. The number of anilines is 1. The van der Waals surface area contributed by atoms with Crippen molar-refractivity contribution in [3.8, 4) is 6.07 Å². The third-order valence-corrected chi connectivity index (χ3v) is 6.98. The molecule has 188 valence electrons. The van der Waals surface area contributed by atoms with Crippen molar-refractivity contribution >= 4 is 32.6 Å². The molecule has 8 nitrogen and oxygen atoms in total. The predicted molar refractivity (Wildman–Crippen MR) is 139 cm³/mol. The molecule has 1 unspecified atom stereocenters. The zero-order chi connectivity index (χ0) is 26.0. The Balaban J connectivity index is 1.66. The molecule has 2 N–H and O–H groups in total. The number of para-hydroxylation sites is 1. The van der Waals surface area contributed by atoms with Crippen LogP contribution in [0.2, 0.25) is 0 Å². The molecule has 0 aliphatic heterocycles. The maximum Gasteiger partial charge on any atom is 0.476 e. The third-order valence-electron chi connectivity index (χ3n) is 6.55. The molecular weight excluding hydrogens is 480 g/mol. The van der Waals surface area contributed by atoms with Gasteiger partial charge in [-0.1, -0.05) is 18.2 Å². The fourth-order valence-electron chi connectivity index (χ4n) is 4.76. The number of carboxylic acids is 1. The molecule has 9 heteroatoms. The van der Waals surface area contributed by atoms with Crippen molar-refractivity contribution in [1.82, 2.24) is 0 Å². The topological polar surface area (TPSA) is 118 Å². The highest BCUT2D eigenvalue weighted by molar-refractivity contribution is 7.92. The average Bonchev–Trinajstić information content (AvgIpc) is 2.82. The lowest BCUT2D eigenvalue weighted by Crippen LogP contribution is -2.15. The fraction of sp³-hybridized carbons (Fsp3) is 0.370. The van der Waals surface area contributed by atoms with Crippen LogP contribution in [0.15, 0.2) is 51.7 Å². The van der Waals surface area contributed by atoms with E-state index >= 15 is 0 Å². The molecule has 2 aromatic carbocycles. The van der Waals surface area contributed by atoms with Crippen LogP contribution in [-0.4, -0.2) is 25.7 Å². The minimum absolute atomic E-state index is 0.0311. The van der Waals surface area contributed by atoms with Gasteiger partial charge in [0.2, 0.25) is 0 Å². The van der Waals surface area contributed by atoms with Gasteiger partial charge in [-0.3, -0.25) is 4.79 Å². The van der Waals surface area contributed by atoms with Crippen LogP contribution in [-0.2, 0) is 10.0 Å². The Labute approximate surface area is 209 Å². The largest absolute Gasteiger partial charge is 0.478 e. The van der Waals surface area contributed by atoms with Gasteiger partial charge >= 0.3 is 22.1 Å². The van der Waals surface area contributed by atoms with Crippen LogP contribution >= 0.6 is 0 Å². The lowest BCUT2D eigenvalue weighted by atomic mass is 9.81. The summed E-state index contributed by atoms with van der Waals surface area (Å²) in [5, 5.41) is 13.3. The number of hydrogen-bond donors (Lipinski definition) is 2. The van der Waals surface area contributed by atoms with Gasteiger partial charge in [0.05, 0.1) is 27.2 Å². The summed E-state index contributed by atoms with van der Waals surface area (Å²) in [6, 6.07) is 14.4. The van der Waals surface area contributed by atoms with E-state index < -0.39 is 16.0 Å². The number of carbonyl (C=O) groups is 1. The van der Waals surface area contributed by atoms with Gasteiger partial charge < -0.3 is 14.8 Å². The molecule has 0 radical (unpaired) electrons. The highest BCUT2D eigenvalue weighted by Crippen LogP contribution is 2.37. The summed E-state index contributed by atoms with van der Waals surface area (Å²) >= 11 is 0. The molecule has 1 saturated carbocycles. The first kappa shape index (κ1) is 25.5. The van der Waals surface area contributed by atoms with E-state index in [4.69, 9.17) is 4.42 Å². The molecule has 36 heavy (non-hydrogen) atoms.